The van der Waals surface area contributed by atoms with Crippen molar-refractivity contribution in [1.29, 1.82) is 0 Å². The van der Waals surface area contributed by atoms with E-state index < -0.39 is 10.0 Å². The molecule has 10 heteroatoms. The number of nitrogen functional groups attached to an aromatic ring is 1. The SMILES string of the molecule is C=CS(=O)(=O)N1CCC2(CN(Cc3ccc(-n4c(-c5cccnc5N)nc5ccc(-c6ccccc6)nc54)cc3)C2)C1. The third kappa shape index (κ3) is 4.67. The minimum atomic E-state index is -3.35. The average molecular weight is 578 g/mol. The number of sulfonamides is 1. The van der Waals surface area contributed by atoms with Gasteiger partial charge in [-0.2, -0.15) is 4.31 Å². The number of hydrogen-bond acceptors (Lipinski definition) is 7. The van der Waals surface area contributed by atoms with Gasteiger partial charge in [-0.3, -0.25) is 9.47 Å². The molecule has 0 unspecified atom stereocenters. The summed E-state index contributed by atoms with van der Waals surface area (Å²) in [5.41, 5.74) is 12.6. The molecule has 1 spiro atoms. The lowest BCUT2D eigenvalue weighted by atomic mass is 9.79. The van der Waals surface area contributed by atoms with Crippen LogP contribution in [0.25, 0.3) is 39.5 Å². The molecule has 0 atom stereocenters. The summed E-state index contributed by atoms with van der Waals surface area (Å²) in [6.45, 7) is 7.19. The predicted molar refractivity (Wildman–Crippen MR) is 165 cm³/mol. The number of nitrogens with two attached hydrogens (primary N) is 1. The highest BCUT2D eigenvalue weighted by molar-refractivity contribution is 7.92. The number of pyridine rings is 2. The van der Waals surface area contributed by atoms with Gasteiger partial charge in [0.05, 0.1) is 11.3 Å². The number of likely N-dealkylation sites (tertiary alicyclic amines) is 1. The predicted octanol–water partition coefficient (Wildman–Crippen LogP) is 4.71. The highest BCUT2D eigenvalue weighted by Gasteiger charge is 2.49. The molecule has 2 aliphatic heterocycles. The molecule has 2 aliphatic rings. The molecule has 2 saturated heterocycles. The van der Waals surface area contributed by atoms with E-state index in [9.17, 15) is 8.42 Å². The van der Waals surface area contributed by atoms with Crippen LogP contribution in [0.15, 0.2) is 97.0 Å². The zero-order valence-electron chi connectivity index (χ0n) is 23.1. The molecule has 0 aliphatic carbocycles. The first-order valence-electron chi connectivity index (χ1n) is 13.9. The third-order valence-corrected chi connectivity index (χ3v) is 9.80. The number of aromatic nitrogens is 4. The zero-order chi connectivity index (χ0) is 28.9. The molecular weight excluding hydrogens is 546 g/mol. The van der Waals surface area contributed by atoms with Gasteiger partial charge in [0.2, 0.25) is 10.0 Å². The van der Waals surface area contributed by atoms with Gasteiger partial charge in [-0.05, 0) is 48.4 Å². The number of nitrogens with zero attached hydrogens (tertiary/aromatic N) is 6. The van der Waals surface area contributed by atoms with E-state index >= 15 is 0 Å². The summed E-state index contributed by atoms with van der Waals surface area (Å²) in [7, 11) is -3.35. The Bertz CT molecular complexity index is 1900. The van der Waals surface area contributed by atoms with Crippen LogP contribution in [0, 0.1) is 5.41 Å². The molecule has 212 valence electrons. The van der Waals surface area contributed by atoms with Crippen LogP contribution in [-0.2, 0) is 16.6 Å². The minimum Gasteiger partial charge on any atom is -0.383 e. The normalized spacial score (nSPS) is 17.0. The Hall–Kier alpha value is -4.38. The molecule has 0 amide bonds. The topological polar surface area (TPSA) is 110 Å². The Kier molecular flexibility index (Phi) is 6.41. The molecular formula is C32H31N7O2S. The summed E-state index contributed by atoms with van der Waals surface area (Å²) in [5, 5.41) is 1.06. The van der Waals surface area contributed by atoms with Crippen LogP contribution in [0.2, 0.25) is 0 Å². The lowest BCUT2D eigenvalue weighted by Gasteiger charge is -2.48. The molecule has 2 aromatic carbocycles. The standard InChI is InChI=1S/C32H31N7O2S/c1-2-42(40,41)38-18-16-32(22-38)20-37(21-32)19-23-10-12-25(13-11-23)39-30(26-9-6-17-34-29(26)33)36-28-15-14-27(35-31(28)39)24-7-4-3-5-8-24/h2-15,17H,1,16,18-22H2,(H2,33,34). The van der Waals surface area contributed by atoms with Gasteiger partial charge in [-0.1, -0.05) is 49.0 Å². The van der Waals surface area contributed by atoms with Crippen molar-refractivity contribution in [3.8, 4) is 28.3 Å². The Morgan fingerprint density at radius 1 is 0.929 bits per heavy atom. The smallest absolute Gasteiger partial charge is 0.235 e. The second-order valence-electron chi connectivity index (χ2n) is 11.2. The highest BCUT2D eigenvalue weighted by atomic mass is 32.2. The maximum Gasteiger partial charge on any atom is 0.235 e. The number of imidazole rings is 1. The van der Waals surface area contributed by atoms with Gasteiger partial charge in [0.1, 0.15) is 11.3 Å². The molecule has 5 aromatic rings. The first kappa shape index (κ1) is 26.5. The Balaban J connectivity index is 1.18. The van der Waals surface area contributed by atoms with Crippen LogP contribution in [0.5, 0.6) is 0 Å². The monoisotopic (exact) mass is 577 g/mol. The molecule has 2 fully saturated rings. The summed E-state index contributed by atoms with van der Waals surface area (Å²) in [4.78, 5) is 16.7. The van der Waals surface area contributed by atoms with E-state index in [-0.39, 0.29) is 5.41 Å². The minimum absolute atomic E-state index is 0.0480. The van der Waals surface area contributed by atoms with Crippen molar-refractivity contribution < 1.29 is 8.42 Å². The lowest BCUT2D eigenvalue weighted by molar-refractivity contribution is 0.00657. The van der Waals surface area contributed by atoms with Gasteiger partial charge in [-0.15, -0.1) is 0 Å². The van der Waals surface area contributed by atoms with Crippen LogP contribution in [-0.4, -0.2) is 63.3 Å². The fourth-order valence-electron chi connectivity index (χ4n) is 6.26. The van der Waals surface area contributed by atoms with Crippen LogP contribution < -0.4 is 5.73 Å². The molecule has 5 heterocycles. The second kappa shape index (κ2) is 10.2. The van der Waals surface area contributed by atoms with E-state index in [1.165, 1.54) is 5.56 Å². The first-order valence-corrected chi connectivity index (χ1v) is 15.4. The molecule has 0 saturated carbocycles. The fourth-order valence-corrected chi connectivity index (χ4v) is 7.27. The molecule has 7 rings (SSSR count). The molecule has 9 nitrogen and oxygen atoms in total. The van der Waals surface area contributed by atoms with E-state index in [0.29, 0.717) is 24.7 Å². The summed E-state index contributed by atoms with van der Waals surface area (Å²) >= 11 is 0. The van der Waals surface area contributed by atoms with Crippen LogP contribution in [0.4, 0.5) is 5.82 Å². The number of anilines is 1. The number of rotatable bonds is 7. The van der Waals surface area contributed by atoms with Crippen LogP contribution in [0.3, 0.4) is 0 Å². The van der Waals surface area contributed by atoms with Crippen molar-refractivity contribution in [2.75, 3.05) is 31.9 Å². The van der Waals surface area contributed by atoms with Gasteiger partial charge in [0, 0.05) is 61.0 Å². The van der Waals surface area contributed by atoms with Crippen molar-refractivity contribution >= 4 is 27.0 Å². The Morgan fingerprint density at radius 2 is 1.71 bits per heavy atom. The van der Waals surface area contributed by atoms with E-state index in [1.54, 1.807) is 10.5 Å². The largest absolute Gasteiger partial charge is 0.383 e. The lowest BCUT2D eigenvalue weighted by Crippen LogP contribution is -2.57. The molecule has 42 heavy (non-hydrogen) atoms. The van der Waals surface area contributed by atoms with Crippen molar-refractivity contribution in [3.05, 3.63) is 103 Å². The van der Waals surface area contributed by atoms with E-state index in [2.05, 4.69) is 40.7 Å². The molecule has 3 aromatic heterocycles. The van der Waals surface area contributed by atoms with Crippen molar-refractivity contribution in [1.82, 2.24) is 28.7 Å². The van der Waals surface area contributed by atoms with Crippen molar-refractivity contribution in [3.63, 3.8) is 0 Å². The summed E-state index contributed by atoms with van der Waals surface area (Å²) in [6, 6.07) is 26.3. The second-order valence-corrected chi connectivity index (χ2v) is 13.1. The third-order valence-electron chi connectivity index (χ3n) is 8.35. The number of benzene rings is 2. The Morgan fingerprint density at radius 3 is 2.45 bits per heavy atom. The van der Waals surface area contributed by atoms with Gasteiger partial charge in [0.15, 0.2) is 11.5 Å². The van der Waals surface area contributed by atoms with Crippen LogP contribution >= 0.6 is 0 Å². The summed E-state index contributed by atoms with van der Waals surface area (Å²) < 4.78 is 28.0. The fraction of sp³-hybridized carbons (Fsp3) is 0.219. The van der Waals surface area contributed by atoms with Crippen molar-refractivity contribution in [2.45, 2.75) is 13.0 Å². The van der Waals surface area contributed by atoms with E-state index in [0.717, 1.165) is 65.1 Å². The van der Waals surface area contributed by atoms with Gasteiger partial charge in [-0.25, -0.2) is 23.4 Å². The molecule has 2 N–H and O–H groups in total. The van der Waals surface area contributed by atoms with Gasteiger partial charge >= 0.3 is 0 Å². The van der Waals surface area contributed by atoms with Gasteiger partial charge in [0.25, 0.3) is 0 Å². The van der Waals surface area contributed by atoms with Gasteiger partial charge < -0.3 is 5.73 Å². The first-order chi connectivity index (χ1) is 20.3. The van der Waals surface area contributed by atoms with Crippen LogP contribution in [0.1, 0.15) is 12.0 Å². The quantitative estimate of drug-likeness (QED) is 0.298. The maximum atomic E-state index is 12.2. The highest BCUT2D eigenvalue weighted by Crippen LogP contribution is 2.41. The zero-order valence-corrected chi connectivity index (χ0v) is 23.9. The van der Waals surface area contributed by atoms with E-state index in [4.69, 9.17) is 15.7 Å². The van der Waals surface area contributed by atoms with E-state index in [1.807, 2.05) is 59.2 Å². The maximum absolute atomic E-state index is 12.2. The average Bonchev–Trinajstić information content (AvgIpc) is 3.61. The number of hydrogen-bond donors (Lipinski definition) is 1. The van der Waals surface area contributed by atoms with Crippen molar-refractivity contribution in [2.24, 2.45) is 5.41 Å². The summed E-state index contributed by atoms with van der Waals surface area (Å²) in [5.74, 6) is 1.10. The number of fused-ring (bicyclic) bond motifs is 1. The molecule has 0 bridgehead atoms. The Labute approximate surface area is 245 Å². The summed E-state index contributed by atoms with van der Waals surface area (Å²) in [6.07, 6.45) is 2.56. The molecule has 0 radical (unpaired) electrons.